The average molecular weight is 553 g/mol. The molecule has 0 amide bonds. The van der Waals surface area contributed by atoms with Gasteiger partial charge in [0.1, 0.15) is 5.75 Å². The van der Waals surface area contributed by atoms with Crippen molar-refractivity contribution in [3.8, 4) is 5.75 Å². The predicted molar refractivity (Wildman–Crippen MR) is 132 cm³/mol. The maximum absolute atomic E-state index is 12.5. The third kappa shape index (κ3) is 8.08. The van der Waals surface area contributed by atoms with Crippen molar-refractivity contribution < 1.29 is 40.7 Å². The summed E-state index contributed by atoms with van der Waals surface area (Å²) in [5.41, 5.74) is 0.162. The molecule has 13 heteroatoms. The number of para-hydroxylation sites is 1. The van der Waals surface area contributed by atoms with E-state index in [0.29, 0.717) is 0 Å². The van der Waals surface area contributed by atoms with Gasteiger partial charge in [-0.25, -0.2) is 8.42 Å². The van der Waals surface area contributed by atoms with Gasteiger partial charge in [0, 0.05) is 23.9 Å². The van der Waals surface area contributed by atoms with Gasteiger partial charge in [-0.2, -0.15) is 13.2 Å². The molecule has 0 aromatic heterocycles. The van der Waals surface area contributed by atoms with Crippen molar-refractivity contribution in [1.29, 1.82) is 0 Å². The first-order valence-corrected chi connectivity index (χ1v) is 12.9. The quantitative estimate of drug-likeness (QED) is 0.163. The molecule has 194 valence electrons. The highest BCUT2D eigenvalue weighted by atomic mass is 32.2. The van der Waals surface area contributed by atoms with Crippen molar-refractivity contribution in [2.75, 3.05) is 15.8 Å². The van der Waals surface area contributed by atoms with Crippen LogP contribution in [0.4, 0.5) is 24.5 Å². The number of thioether (sulfide) groups is 1. The van der Waals surface area contributed by atoms with Crippen molar-refractivity contribution >= 4 is 50.0 Å². The number of anilines is 2. The second-order valence-corrected chi connectivity index (χ2v) is 10.0. The molecule has 3 aromatic carbocycles. The first-order chi connectivity index (χ1) is 17.3. The standard InChI is InChI=1S/C24H19F3N2O6S2/c1-15(30)35-22-5-3-2-4-20(22)23(32)36-14-21(31)16-6-8-18(9-7-16)29-37(33,34)19-12-10-17(11-13-19)28-24(25,26)27/h2-13,28-29H,14H2,1H3. The van der Waals surface area contributed by atoms with Crippen LogP contribution in [0.25, 0.3) is 0 Å². The largest absolute Gasteiger partial charge is 0.482 e. The van der Waals surface area contributed by atoms with E-state index >= 15 is 0 Å². The number of nitrogens with one attached hydrogen (secondary N) is 2. The van der Waals surface area contributed by atoms with E-state index in [1.165, 1.54) is 48.6 Å². The van der Waals surface area contributed by atoms with E-state index in [2.05, 4.69) is 4.72 Å². The summed E-state index contributed by atoms with van der Waals surface area (Å²) in [5.74, 6) is -1.11. The van der Waals surface area contributed by atoms with Crippen LogP contribution in [0.3, 0.4) is 0 Å². The van der Waals surface area contributed by atoms with Crippen LogP contribution in [-0.4, -0.2) is 37.3 Å². The molecule has 0 aliphatic rings. The zero-order chi connectivity index (χ0) is 27.2. The first-order valence-electron chi connectivity index (χ1n) is 10.4. The van der Waals surface area contributed by atoms with Crippen molar-refractivity contribution in [3.05, 3.63) is 83.9 Å². The number of carbonyl (C=O) groups excluding carboxylic acids is 3. The number of ketones is 1. The first kappa shape index (κ1) is 27.7. The number of esters is 1. The smallest absolute Gasteiger partial charge is 0.426 e. The maximum atomic E-state index is 12.5. The van der Waals surface area contributed by atoms with Gasteiger partial charge < -0.3 is 4.74 Å². The third-order valence-corrected chi connectivity index (χ3v) is 6.89. The number of benzene rings is 3. The van der Waals surface area contributed by atoms with E-state index in [4.69, 9.17) is 4.74 Å². The summed E-state index contributed by atoms with van der Waals surface area (Å²) in [7, 11) is -4.10. The summed E-state index contributed by atoms with van der Waals surface area (Å²) >= 11 is 0.723. The van der Waals surface area contributed by atoms with Crippen molar-refractivity contribution in [3.63, 3.8) is 0 Å². The molecule has 8 nitrogen and oxygen atoms in total. The van der Waals surface area contributed by atoms with Crippen LogP contribution in [0.15, 0.2) is 77.7 Å². The zero-order valence-corrected chi connectivity index (χ0v) is 20.7. The highest BCUT2D eigenvalue weighted by molar-refractivity contribution is 8.14. The molecule has 0 unspecified atom stereocenters. The Hall–Kier alpha value is -3.84. The molecular formula is C24H19F3N2O6S2. The predicted octanol–water partition coefficient (Wildman–Crippen LogP) is 5.10. The van der Waals surface area contributed by atoms with Crippen molar-refractivity contribution in [2.24, 2.45) is 0 Å². The number of Topliss-reactive ketones (excluding diaryl/α,β-unsaturated/α-hetero) is 1. The minimum absolute atomic E-state index is 0.0860. The third-order valence-electron chi connectivity index (χ3n) is 4.60. The van der Waals surface area contributed by atoms with Crippen LogP contribution in [0, 0.1) is 0 Å². The van der Waals surface area contributed by atoms with Crippen molar-refractivity contribution in [1.82, 2.24) is 0 Å². The summed E-state index contributed by atoms with van der Waals surface area (Å²) < 4.78 is 69.5. The van der Waals surface area contributed by atoms with E-state index in [1.54, 1.807) is 12.1 Å². The van der Waals surface area contributed by atoms with Gasteiger partial charge in [-0.3, -0.25) is 24.4 Å². The fourth-order valence-electron chi connectivity index (χ4n) is 2.99. The van der Waals surface area contributed by atoms with Gasteiger partial charge in [0.25, 0.3) is 10.0 Å². The Labute approximate surface area is 214 Å². The highest BCUT2D eigenvalue weighted by Gasteiger charge is 2.27. The number of hydrogen-bond donors (Lipinski definition) is 2. The van der Waals surface area contributed by atoms with E-state index in [9.17, 15) is 36.0 Å². The van der Waals surface area contributed by atoms with E-state index in [0.717, 1.165) is 36.0 Å². The summed E-state index contributed by atoms with van der Waals surface area (Å²) in [6, 6.07) is 15.5. The molecule has 2 N–H and O–H groups in total. The number of carbonyl (C=O) groups is 3. The molecular weight excluding hydrogens is 533 g/mol. The minimum atomic E-state index is -4.65. The molecule has 3 aromatic rings. The lowest BCUT2D eigenvalue weighted by molar-refractivity contribution is -0.131. The lowest BCUT2D eigenvalue weighted by Gasteiger charge is -2.12. The normalized spacial score (nSPS) is 11.5. The summed E-state index contributed by atoms with van der Waals surface area (Å²) in [4.78, 5) is 36.0. The average Bonchev–Trinajstić information content (AvgIpc) is 2.82. The Morgan fingerprint density at radius 2 is 1.49 bits per heavy atom. The number of ether oxygens (including phenoxy) is 1. The number of hydrogen-bond acceptors (Lipinski definition) is 8. The summed E-state index contributed by atoms with van der Waals surface area (Å²) in [6.45, 7) is 1.20. The Morgan fingerprint density at radius 3 is 2.08 bits per heavy atom. The molecule has 0 fully saturated rings. The monoisotopic (exact) mass is 552 g/mol. The molecule has 0 atom stereocenters. The molecule has 0 aliphatic carbocycles. The SMILES string of the molecule is CC(=O)Oc1ccccc1C(=O)SCC(=O)c1ccc(NS(=O)(=O)c2ccc(NC(F)(F)F)cc2)cc1. The molecule has 0 aliphatic heterocycles. The molecule has 0 heterocycles. The lowest BCUT2D eigenvalue weighted by atomic mass is 10.1. The Kier molecular flexibility index (Phi) is 8.61. The van der Waals surface area contributed by atoms with Gasteiger partial charge in [0.2, 0.25) is 5.12 Å². The lowest BCUT2D eigenvalue weighted by Crippen LogP contribution is -2.20. The Balaban J connectivity index is 1.61. The number of alkyl halides is 3. The van der Waals surface area contributed by atoms with Crippen LogP contribution < -0.4 is 14.8 Å². The number of sulfonamides is 1. The molecule has 3 rings (SSSR count). The summed E-state index contributed by atoms with van der Waals surface area (Å²) in [6.07, 6.45) is -4.65. The minimum Gasteiger partial charge on any atom is -0.426 e. The van der Waals surface area contributed by atoms with Crippen LogP contribution in [0.1, 0.15) is 27.6 Å². The van der Waals surface area contributed by atoms with Gasteiger partial charge in [-0.05, 0) is 60.7 Å². The van der Waals surface area contributed by atoms with E-state index in [1.807, 2.05) is 0 Å². The Morgan fingerprint density at radius 1 is 0.892 bits per heavy atom. The van der Waals surface area contributed by atoms with E-state index in [-0.39, 0.29) is 38.9 Å². The van der Waals surface area contributed by atoms with Gasteiger partial charge in [0.15, 0.2) is 5.78 Å². The molecule has 37 heavy (non-hydrogen) atoms. The number of rotatable bonds is 9. The second kappa shape index (κ2) is 11.5. The molecule has 0 spiro atoms. The van der Waals surface area contributed by atoms with E-state index < -0.39 is 33.2 Å². The number of halogens is 3. The molecule has 0 saturated heterocycles. The van der Waals surface area contributed by atoms with Gasteiger partial charge >= 0.3 is 12.3 Å². The van der Waals surface area contributed by atoms with Gasteiger partial charge in [0.05, 0.1) is 16.2 Å². The van der Waals surface area contributed by atoms with Gasteiger partial charge in [-0.1, -0.05) is 23.9 Å². The highest BCUT2D eigenvalue weighted by Crippen LogP contribution is 2.25. The van der Waals surface area contributed by atoms with Crippen LogP contribution in [0.5, 0.6) is 5.75 Å². The molecule has 0 bridgehead atoms. The zero-order valence-electron chi connectivity index (χ0n) is 19.0. The van der Waals surface area contributed by atoms with Crippen LogP contribution >= 0.6 is 11.8 Å². The Bertz CT molecular complexity index is 1410. The molecule has 0 saturated carbocycles. The molecule has 0 radical (unpaired) electrons. The van der Waals surface area contributed by atoms with Crippen molar-refractivity contribution in [2.45, 2.75) is 18.1 Å². The van der Waals surface area contributed by atoms with Crippen LogP contribution in [0.2, 0.25) is 0 Å². The maximum Gasteiger partial charge on any atom is 0.482 e. The fourth-order valence-corrected chi connectivity index (χ4v) is 4.80. The van der Waals surface area contributed by atoms with Crippen LogP contribution in [-0.2, 0) is 14.8 Å². The van der Waals surface area contributed by atoms with Gasteiger partial charge in [-0.15, -0.1) is 0 Å². The summed E-state index contributed by atoms with van der Waals surface area (Å²) in [5, 5.41) is 0.807. The second-order valence-electron chi connectivity index (χ2n) is 7.42. The fraction of sp³-hybridized carbons (Fsp3) is 0.125. The topological polar surface area (TPSA) is 119 Å².